The van der Waals surface area contributed by atoms with E-state index in [1.54, 1.807) is 0 Å². The van der Waals surface area contributed by atoms with E-state index in [0.29, 0.717) is 5.82 Å². The number of hydrogen-bond donors (Lipinski definition) is 2. The molecule has 1 rings (SSSR count). The molecule has 0 aliphatic carbocycles. The van der Waals surface area contributed by atoms with Crippen molar-refractivity contribution in [2.45, 2.75) is 0 Å². The van der Waals surface area contributed by atoms with E-state index in [1.165, 1.54) is 12.1 Å². The quantitative estimate of drug-likeness (QED) is 0.290. The molecule has 1 heterocycles. The minimum absolute atomic E-state index is 0.406. The molecule has 1 aromatic heterocycles. The highest BCUT2D eigenvalue weighted by Crippen LogP contribution is 2.01. The Morgan fingerprint density at radius 2 is 2.45 bits per heavy atom. The minimum Gasteiger partial charge on any atom is -0.410 e. The van der Waals surface area contributed by atoms with Gasteiger partial charge in [-0.15, -0.1) is 0 Å². The second kappa shape index (κ2) is 3.50. The Morgan fingerprint density at radius 1 is 1.64 bits per heavy atom. The van der Waals surface area contributed by atoms with E-state index >= 15 is 0 Å². The molecule has 0 saturated heterocycles. The number of aromatic nitrogens is 1. The van der Waals surface area contributed by atoms with Crippen LogP contribution in [0, 0.1) is 5.82 Å². The molecule has 0 saturated carbocycles. The van der Waals surface area contributed by atoms with E-state index in [9.17, 15) is 4.39 Å². The van der Waals surface area contributed by atoms with Crippen LogP contribution in [0.5, 0.6) is 0 Å². The molecule has 0 spiro atoms. The van der Waals surface area contributed by atoms with E-state index in [1.807, 2.05) is 0 Å². The molecule has 0 amide bonds. The van der Waals surface area contributed by atoms with Crippen molar-refractivity contribution in [3.05, 3.63) is 24.1 Å². The minimum atomic E-state index is -0.406. The van der Waals surface area contributed by atoms with Crippen LogP contribution in [0.25, 0.3) is 0 Å². The largest absolute Gasteiger partial charge is 0.410 e. The Morgan fingerprint density at radius 3 is 3.00 bits per heavy atom. The molecule has 0 aliphatic heterocycles. The number of pyridine rings is 1. The number of rotatable bonds is 2. The Bertz CT molecular complexity index is 247. The first-order chi connectivity index (χ1) is 5.33. The first-order valence-electron chi connectivity index (χ1n) is 2.87. The summed E-state index contributed by atoms with van der Waals surface area (Å²) in [6, 6.07) is 2.68. The number of halogens is 1. The third-order valence-corrected chi connectivity index (χ3v) is 0.998. The van der Waals surface area contributed by atoms with E-state index in [-0.39, 0.29) is 0 Å². The summed E-state index contributed by atoms with van der Waals surface area (Å²) in [6.07, 6.45) is 2.10. The zero-order valence-corrected chi connectivity index (χ0v) is 5.53. The third kappa shape index (κ3) is 2.21. The molecule has 0 bridgehead atoms. The van der Waals surface area contributed by atoms with Crippen LogP contribution in [0.15, 0.2) is 23.5 Å². The van der Waals surface area contributed by atoms with Crippen molar-refractivity contribution in [1.29, 1.82) is 0 Å². The maximum Gasteiger partial charge on any atom is 0.141 e. The van der Waals surface area contributed by atoms with Crippen LogP contribution in [-0.4, -0.2) is 16.5 Å². The van der Waals surface area contributed by atoms with Gasteiger partial charge in [0.15, 0.2) is 0 Å². The summed E-state index contributed by atoms with van der Waals surface area (Å²) < 4.78 is 12.2. The Hall–Kier alpha value is -1.65. The summed E-state index contributed by atoms with van der Waals surface area (Å²) in [5.41, 5.74) is 0. The molecular weight excluding hydrogens is 149 g/mol. The first-order valence-corrected chi connectivity index (χ1v) is 2.87. The van der Waals surface area contributed by atoms with Crippen LogP contribution >= 0.6 is 0 Å². The van der Waals surface area contributed by atoms with Crippen molar-refractivity contribution in [2.75, 3.05) is 5.32 Å². The Labute approximate surface area is 62.4 Å². The monoisotopic (exact) mass is 155 g/mol. The molecule has 0 unspecified atom stereocenters. The molecule has 2 N–H and O–H groups in total. The van der Waals surface area contributed by atoms with Crippen LogP contribution in [0.4, 0.5) is 10.2 Å². The normalized spacial score (nSPS) is 10.3. The molecule has 11 heavy (non-hydrogen) atoms. The maximum atomic E-state index is 12.2. The highest BCUT2D eigenvalue weighted by molar-refractivity contribution is 5.72. The van der Waals surface area contributed by atoms with Gasteiger partial charge in [-0.25, -0.2) is 9.37 Å². The van der Waals surface area contributed by atoms with Gasteiger partial charge in [0.2, 0.25) is 0 Å². The summed E-state index contributed by atoms with van der Waals surface area (Å²) >= 11 is 0. The lowest BCUT2D eigenvalue weighted by Crippen LogP contribution is -1.96. The third-order valence-electron chi connectivity index (χ3n) is 0.998. The smallest absolute Gasteiger partial charge is 0.141 e. The summed E-state index contributed by atoms with van der Waals surface area (Å²) in [7, 11) is 0. The number of anilines is 1. The van der Waals surface area contributed by atoms with Gasteiger partial charge in [0.05, 0.1) is 6.20 Å². The fourth-order valence-electron chi connectivity index (χ4n) is 0.556. The topological polar surface area (TPSA) is 57.5 Å². The van der Waals surface area contributed by atoms with Gasteiger partial charge in [0, 0.05) is 0 Å². The number of nitrogens with zero attached hydrogens (tertiary/aromatic N) is 2. The van der Waals surface area contributed by atoms with Crippen molar-refractivity contribution in [3.63, 3.8) is 0 Å². The standard InChI is InChI=1S/C6H6FN3O/c7-5-1-2-6(8-3-5)9-4-10-11/h1-4,11H,(H,8,9,10). The van der Waals surface area contributed by atoms with Gasteiger partial charge in [0.1, 0.15) is 18.0 Å². The maximum absolute atomic E-state index is 12.2. The fraction of sp³-hybridized carbons (Fsp3) is 0. The predicted molar refractivity (Wildman–Crippen MR) is 38.1 cm³/mol. The van der Waals surface area contributed by atoms with Gasteiger partial charge >= 0.3 is 0 Å². The second-order valence-electron chi connectivity index (χ2n) is 1.75. The van der Waals surface area contributed by atoms with Crippen LogP contribution in [-0.2, 0) is 0 Å². The molecular formula is C6H6FN3O. The summed E-state index contributed by atoms with van der Waals surface area (Å²) in [5.74, 6) is 0.0145. The molecule has 0 aliphatic rings. The zero-order valence-electron chi connectivity index (χ0n) is 5.53. The summed E-state index contributed by atoms with van der Waals surface area (Å²) in [4.78, 5) is 3.63. The van der Waals surface area contributed by atoms with Crippen LogP contribution < -0.4 is 5.32 Å². The van der Waals surface area contributed by atoms with Crippen molar-refractivity contribution < 1.29 is 9.60 Å². The van der Waals surface area contributed by atoms with Gasteiger partial charge < -0.3 is 10.5 Å². The molecule has 1 aromatic rings. The average Bonchev–Trinajstić information content (AvgIpc) is 2.04. The fourth-order valence-corrected chi connectivity index (χ4v) is 0.556. The second-order valence-corrected chi connectivity index (χ2v) is 1.75. The number of hydrogen-bond acceptors (Lipinski definition) is 3. The molecule has 0 radical (unpaired) electrons. The van der Waals surface area contributed by atoms with Crippen LogP contribution in [0.3, 0.4) is 0 Å². The van der Waals surface area contributed by atoms with Crippen LogP contribution in [0.2, 0.25) is 0 Å². The summed E-state index contributed by atoms with van der Waals surface area (Å²) in [6.45, 7) is 0. The van der Waals surface area contributed by atoms with Gasteiger partial charge in [-0.05, 0) is 12.1 Å². The molecule has 5 heteroatoms. The van der Waals surface area contributed by atoms with E-state index in [4.69, 9.17) is 5.21 Å². The van der Waals surface area contributed by atoms with Crippen molar-refractivity contribution >= 4 is 12.2 Å². The van der Waals surface area contributed by atoms with Crippen molar-refractivity contribution in [1.82, 2.24) is 4.98 Å². The predicted octanol–water partition coefficient (Wildman–Crippen LogP) is 1.05. The van der Waals surface area contributed by atoms with Gasteiger partial charge in [0.25, 0.3) is 0 Å². The molecule has 58 valence electrons. The van der Waals surface area contributed by atoms with Gasteiger partial charge in [-0.1, -0.05) is 5.16 Å². The molecule has 4 nitrogen and oxygen atoms in total. The highest BCUT2D eigenvalue weighted by atomic mass is 19.1. The van der Waals surface area contributed by atoms with E-state index in [0.717, 1.165) is 12.5 Å². The Balaban J connectivity index is 2.66. The average molecular weight is 155 g/mol. The highest BCUT2D eigenvalue weighted by Gasteiger charge is 1.90. The lowest BCUT2D eigenvalue weighted by Gasteiger charge is -1.95. The number of nitrogens with one attached hydrogen (secondary N) is 1. The molecule has 0 atom stereocenters. The number of oxime groups is 1. The van der Waals surface area contributed by atoms with Gasteiger partial charge in [-0.2, -0.15) is 0 Å². The summed E-state index contributed by atoms with van der Waals surface area (Å²) in [5, 5.41) is 13.2. The van der Waals surface area contributed by atoms with Crippen molar-refractivity contribution in [2.24, 2.45) is 5.16 Å². The Kier molecular flexibility index (Phi) is 2.37. The van der Waals surface area contributed by atoms with Gasteiger partial charge in [-0.3, -0.25) is 0 Å². The van der Waals surface area contributed by atoms with Crippen molar-refractivity contribution in [3.8, 4) is 0 Å². The van der Waals surface area contributed by atoms with E-state index in [2.05, 4.69) is 15.5 Å². The lowest BCUT2D eigenvalue weighted by molar-refractivity contribution is 0.321. The SMILES string of the molecule is O/N=C/Nc1ccc(F)cn1. The molecule has 0 fully saturated rings. The lowest BCUT2D eigenvalue weighted by atomic mass is 10.4. The van der Waals surface area contributed by atoms with Crippen LogP contribution in [0.1, 0.15) is 0 Å². The zero-order chi connectivity index (χ0) is 8.10. The van der Waals surface area contributed by atoms with E-state index < -0.39 is 5.82 Å². The molecule has 0 aromatic carbocycles. The first kappa shape index (κ1) is 7.46.